The Kier molecular flexibility index (Phi) is 7.91. The number of piperazine rings is 1. The van der Waals surface area contributed by atoms with E-state index in [0.29, 0.717) is 12.5 Å². The fraction of sp³-hybridized carbons (Fsp3) is 0.450. The van der Waals surface area contributed by atoms with Crippen LogP contribution in [0.2, 0.25) is 5.02 Å². The second-order valence-corrected chi connectivity index (χ2v) is 7.57. The summed E-state index contributed by atoms with van der Waals surface area (Å²) in [6.07, 6.45) is 4.55. The van der Waals surface area contributed by atoms with Crippen LogP contribution in [-0.2, 0) is 13.0 Å². The maximum atomic E-state index is 6.30. The van der Waals surface area contributed by atoms with Crippen LogP contribution in [0.15, 0.2) is 41.7 Å². The summed E-state index contributed by atoms with van der Waals surface area (Å²) in [5.74, 6) is 1.41. The van der Waals surface area contributed by atoms with Gasteiger partial charge in [-0.15, -0.1) is 24.0 Å². The lowest BCUT2D eigenvalue weighted by molar-refractivity contribution is 0.261. The largest absolute Gasteiger partial charge is 0.370 e. The Bertz CT molecular complexity index is 825. The molecule has 2 aromatic rings. The van der Waals surface area contributed by atoms with Crippen LogP contribution in [0.3, 0.4) is 0 Å². The number of aliphatic imine (C=N–C) groups is 1. The van der Waals surface area contributed by atoms with Gasteiger partial charge in [-0.3, -0.25) is 9.89 Å². The smallest absolute Gasteiger partial charge is 0.225 e. The molecular formula is C20H27ClIN7. The first kappa shape index (κ1) is 22.0. The number of fused-ring (bicyclic) bond motifs is 1. The molecule has 1 fully saturated rings. The fourth-order valence-corrected chi connectivity index (χ4v) is 4.10. The quantitative estimate of drug-likeness (QED) is 0.374. The lowest BCUT2D eigenvalue weighted by Crippen LogP contribution is -2.51. The number of benzene rings is 1. The van der Waals surface area contributed by atoms with Crippen LogP contribution in [0, 0.1) is 0 Å². The molecule has 0 atom stereocenters. The van der Waals surface area contributed by atoms with Crippen molar-refractivity contribution in [1.29, 1.82) is 0 Å². The molecule has 1 aromatic heterocycles. The van der Waals surface area contributed by atoms with Gasteiger partial charge in [0.2, 0.25) is 5.95 Å². The summed E-state index contributed by atoms with van der Waals surface area (Å²) in [6, 6.07) is 8.01. The Labute approximate surface area is 194 Å². The lowest BCUT2D eigenvalue weighted by atomic mass is 10.00. The predicted octanol–water partition coefficient (Wildman–Crippen LogP) is 2.24. The number of halogens is 2. The van der Waals surface area contributed by atoms with Crippen LogP contribution in [0.5, 0.6) is 0 Å². The summed E-state index contributed by atoms with van der Waals surface area (Å²) in [4.78, 5) is 20.0. The third kappa shape index (κ3) is 5.49. The standard InChI is InChI=1S/C20H26ClN7.HI/c21-18-4-1-3-16-15-26(9-5-17(16)18)10-8-23-19(22)27-11-13-28(14-12-27)20-24-6-2-7-25-20;/h1-4,6-7H,5,8-15H2,(H2,22,23);1H. The minimum Gasteiger partial charge on any atom is -0.370 e. The molecule has 2 aliphatic heterocycles. The second kappa shape index (κ2) is 10.4. The Morgan fingerprint density at radius 1 is 1.07 bits per heavy atom. The molecule has 0 bridgehead atoms. The molecule has 0 saturated carbocycles. The van der Waals surface area contributed by atoms with Crippen molar-refractivity contribution < 1.29 is 0 Å². The number of hydrogen-bond acceptors (Lipinski definition) is 5. The van der Waals surface area contributed by atoms with Gasteiger partial charge in [0.25, 0.3) is 0 Å². The molecule has 0 spiro atoms. The van der Waals surface area contributed by atoms with Crippen molar-refractivity contribution in [2.75, 3.05) is 50.7 Å². The topological polar surface area (TPSA) is 73.9 Å². The van der Waals surface area contributed by atoms with Crippen LogP contribution in [0.25, 0.3) is 0 Å². The highest BCUT2D eigenvalue weighted by atomic mass is 127. The van der Waals surface area contributed by atoms with Crippen LogP contribution in [0.4, 0.5) is 5.95 Å². The van der Waals surface area contributed by atoms with Crippen LogP contribution in [-0.4, -0.2) is 71.5 Å². The maximum Gasteiger partial charge on any atom is 0.225 e. The Morgan fingerprint density at radius 3 is 2.59 bits per heavy atom. The first-order valence-corrected chi connectivity index (χ1v) is 10.1. The zero-order valence-electron chi connectivity index (χ0n) is 16.4. The van der Waals surface area contributed by atoms with Crippen LogP contribution in [0.1, 0.15) is 11.1 Å². The summed E-state index contributed by atoms with van der Waals surface area (Å²) in [5.41, 5.74) is 8.86. The average Bonchev–Trinajstić information content (AvgIpc) is 2.74. The number of nitrogens with two attached hydrogens (primary N) is 1. The van der Waals surface area contributed by atoms with Gasteiger partial charge in [0.05, 0.1) is 6.54 Å². The van der Waals surface area contributed by atoms with E-state index in [-0.39, 0.29) is 24.0 Å². The van der Waals surface area contributed by atoms with E-state index >= 15 is 0 Å². The number of aromatic nitrogens is 2. The maximum absolute atomic E-state index is 6.30. The molecule has 3 heterocycles. The molecule has 0 aliphatic carbocycles. The summed E-state index contributed by atoms with van der Waals surface area (Å²) in [7, 11) is 0. The van der Waals surface area contributed by atoms with E-state index in [1.807, 2.05) is 18.2 Å². The van der Waals surface area contributed by atoms with Gasteiger partial charge in [-0.1, -0.05) is 23.7 Å². The predicted molar refractivity (Wildman–Crippen MR) is 128 cm³/mol. The van der Waals surface area contributed by atoms with Crippen molar-refractivity contribution in [1.82, 2.24) is 19.8 Å². The number of guanidine groups is 1. The highest BCUT2D eigenvalue weighted by Gasteiger charge is 2.20. The Balaban J connectivity index is 0.00000240. The van der Waals surface area contributed by atoms with Gasteiger partial charge in [-0.25, -0.2) is 9.97 Å². The van der Waals surface area contributed by atoms with E-state index in [0.717, 1.165) is 63.2 Å². The van der Waals surface area contributed by atoms with E-state index < -0.39 is 0 Å². The number of anilines is 1. The summed E-state index contributed by atoms with van der Waals surface area (Å²) >= 11 is 6.30. The van der Waals surface area contributed by atoms with Crippen molar-refractivity contribution in [3.63, 3.8) is 0 Å². The zero-order chi connectivity index (χ0) is 19.3. The van der Waals surface area contributed by atoms with Crippen molar-refractivity contribution in [2.45, 2.75) is 13.0 Å². The van der Waals surface area contributed by atoms with Gasteiger partial charge in [0, 0.05) is 63.2 Å². The first-order chi connectivity index (χ1) is 13.7. The molecule has 29 heavy (non-hydrogen) atoms. The molecule has 4 rings (SSSR count). The molecule has 2 N–H and O–H groups in total. The summed E-state index contributed by atoms with van der Waals surface area (Å²) in [6.45, 7) is 6.94. The molecule has 2 aliphatic rings. The lowest BCUT2D eigenvalue weighted by Gasteiger charge is -2.35. The minimum atomic E-state index is 0. The third-order valence-corrected chi connectivity index (χ3v) is 5.77. The van der Waals surface area contributed by atoms with Gasteiger partial charge in [0.15, 0.2) is 5.96 Å². The van der Waals surface area contributed by atoms with Crippen LogP contribution >= 0.6 is 35.6 Å². The van der Waals surface area contributed by atoms with Gasteiger partial charge in [-0.05, 0) is 29.7 Å². The molecule has 0 unspecified atom stereocenters. The SMILES string of the molecule is I.NC(=NCCN1CCc2c(Cl)cccc2C1)N1CCN(c2ncccn2)CC1. The zero-order valence-corrected chi connectivity index (χ0v) is 19.5. The van der Waals surface area contributed by atoms with E-state index in [1.54, 1.807) is 12.4 Å². The highest BCUT2D eigenvalue weighted by molar-refractivity contribution is 14.0. The van der Waals surface area contributed by atoms with E-state index in [4.69, 9.17) is 17.3 Å². The first-order valence-electron chi connectivity index (χ1n) is 9.76. The third-order valence-electron chi connectivity index (χ3n) is 5.42. The van der Waals surface area contributed by atoms with Gasteiger partial charge in [-0.2, -0.15) is 0 Å². The number of rotatable bonds is 4. The second-order valence-electron chi connectivity index (χ2n) is 7.17. The van der Waals surface area contributed by atoms with Crippen molar-refractivity contribution in [2.24, 2.45) is 10.7 Å². The van der Waals surface area contributed by atoms with E-state index in [9.17, 15) is 0 Å². The number of nitrogens with zero attached hydrogens (tertiary/aromatic N) is 6. The molecule has 9 heteroatoms. The average molecular weight is 528 g/mol. The van der Waals surface area contributed by atoms with Crippen LogP contribution < -0.4 is 10.6 Å². The molecule has 1 aromatic carbocycles. The molecule has 156 valence electrons. The Hall–Kier alpha value is -1.65. The molecule has 7 nitrogen and oxygen atoms in total. The van der Waals surface area contributed by atoms with Gasteiger partial charge in [0.1, 0.15) is 0 Å². The normalized spacial score (nSPS) is 17.6. The molecule has 0 amide bonds. The van der Waals surface area contributed by atoms with Gasteiger partial charge < -0.3 is 15.5 Å². The summed E-state index contributed by atoms with van der Waals surface area (Å²) in [5, 5.41) is 0.888. The Morgan fingerprint density at radius 2 is 1.83 bits per heavy atom. The molecular weight excluding hydrogens is 501 g/mol. The van der Waals surface area contributed by atoms with Gasteiger partial charge >= 0.3 is 0 Å². The van der Waals surface area contributed by atoms with Crippen molar-refractivity contribution >= 4 is 47.5 Å². The fourth-order valence-electron chi connectivity index (χ4n) is 3.81. The van der Waals surface area contributed by atoms with Crippen molar-refractivity contribution in [3.05, 3.63) is 52.8 Å². The minimum absolute atomic E-state index is 0. The molecule has 1 saturated heterocycles. The number of hydrogen-bond donors (Lipinski definition) is 1. The van der Waals surface area contributed by atoms with E-state index in [1.165, 1.54) is 11.1 Å². The van der Waals surface area contributed by atoms with E-state index in [2.05, 4.69) is 35.7 Å². The monoisotopic (exact) mass is 527 g/mol. The van der Waals surface area contributed by atoms with Crippen molar-refractivity contribution in [3.8, 4) is 0 Å². The highest BCUT2D eigenvalue weighted by Crippen LogP contribution is 2.25. The summed E-state index contributed by atoms with van der Waals surface area (Å²) < 4.78 is 0. The molecule has 0 radical (unpaired) electrons.